The standard InChI is InChI=1S/C10H13N3O2/c1-3-7-4-9-11-8(6-15-2)5-10(14)13(9)12-7/h4-5,12H,3,6H2,1-2H3. The van der Waals surface area contributed by atoms with Crippen molar-refractivity contribution in [3.63, 3.8) is 0 Å². The molecule has 0 saturated heterocycles. The fraction of sp³-hybridized carbons (Fsp3) is 0.400. The minimum absolute atomic E-state index is 0.105. The summed E-state index contributed by atoms with van der Waals surface area (Å²) in [5, 5.41) is 2.98. The summed E-state index contributed by atoms with van der Waals surface area (Å²) in [6.45, 7) is 2.38. The highest BCUT2D eigenvalue weighted by molar-refractivity contribution is 5.39. The van der Waals surface area contributed by atoms with E-state index in [-0.39, 0.29) is 5.56 Å². The molecule has 2 aromatic heterocycles. The highest BCUT2D eigenvalue weighted by Crippen LogP contribution is 2.03. The number of nitrogens with zero attached hydrogens (tertiary/aromatic N) is 2. The molecule has 0 aromatic carbocycles. The van der Waals surface area contributed by atoms with E-state index >= 15 is 0 Å². The molecule has 5 nitrogen and oxygen atoms in total. The number of rotatable bonds is 3. The van der Waals surface area contributed by atoms with Crippen molar-refractivity contribution in [2.45, 2.75) is 20.0 Å². The summed E-state index contributed by atoms with van der Waals surface area (Å²) < 4.78 is 6.39. The molecular weight excluding hydrogens is 194 g/mol. The van der Waals surface area contributed by atoms with Gasteiger partial charge in [-0.2, -0.15) is 0 Å². The minimum atomic E-state index is -0.105. The van der Waals surface area contributed by atoms with Crippen LogP contribution >= 0.6 is 0 Å². The van der Waals surface area contributed by atoms with Crippen LogP contribution in [0, 0.1) is 0 Å². The molecule has 0 amide bonds. The number of ether oxygens (including phenoxy) is 1. The molecule has 0 radical (unpaired) electrons. The van der Waals surface area contributed by atoms with Gasteiger partial charge in [0, 0.05) is 24.9 Å². The number of hydrogen-bond donors (Lipinski definition) is 1. The van der Waals surface area contributed by atoms with Gasteiger partial charge in [0.1, 0.15) is 0 Å². The largest absolute Gasteiger partial charge is 0.378 e. The van der Waals surface area contributed by atoms with Crippen molar-refractivity contribution in [3.05, 3.63) is 33.9 Å². The maximum atomic E-state index is 11.6. The Balaban J connectivity index is 2.60. The summed E-state index contributed by atoms with van der Waals surface area (Å²) in [6.07, 6.45) is 0.850. The zero-order valence-electron chi connectivity index (χ0n) is 8.78. The Morgan fingerprint density at radius 3 is 3.00 bits per heavy atom. The molecule has 2 aromatic rings. The van der Waals surface area contributed by atoms with Gasteiger partial charge in [-0.25, -0.2) is 9.50 Å². The smallest absolute Gasteiger partial charge is 0.272 e. The van der Waals surface area contributed by atoms with E-state index in [1.165, 1.54) is 10.6 Å². The summed E-state index contributed by atoms with van der Waals surface area (Å²) in [4.78, 5) is 15.9. The van der Waals surface area contributed by atoms with Crippen LogP contribution in [0.15, 0.2) is 16.9 Å². The minimum Gasteiger partial charge on any atom is -0.378 e. The van der Waals surface area contributed by atoms with Crippen molar-refractivity contribution in [2.24, 2.45) is 0 Å². The summed E-state index contributed by atoms with van der Waals surface area (Å²) >= 11 is 0. The lowest BCUT2D eigenvalue weighted by atomic mass is 10.3. The molecule has 0 saturated carbocycles. The number of fused-ring (bicyclic) bond motifs is 1. The number of hydrogen-bond acceptors (Lipinski definition) is 3. The van der Waals surface area contributed by atoms with Crippen molar-refractivity contribution in [2.75, 3.05) is 7.11 Å². The van der Waals surface area contributed by atoms with Crippen LogP contribution in [-0.4, -0.2) is 21.7 Å². The van der Waals surface area contributed by atoms with E-state index in [0.29, 0.717) is 17.9 Å². The van der Waals surface area contributed by atoms with Gasteiger partial charge in [-0.3, -0.25) is 9.89 Å². The molecule has 0 aliphatic rings. The van der Waals surface area contributed by atoms with Crippen molar-refractivity contribution in [3.8, 4) is 0 Å². The second-order valence-electron chi connectivity index (χ2n) is 3.35. The van der Waals surface area contributed by atoms with Crippen LogP contribution in [0.2, 0.25) is 0 Å². The number of aromatic nitrogens is 3. The molecule has 0 atom stereocenters. The van der Waals surface area contributed by atoms with Gasteiger partial charge in [-0.1, -0.05) is 6.92 Å². The first kappa shape index (κ1) is 9.92. The summed E-state index contributed by atoms with van der Waals surface area (Å²) in [6, 6.07) is 3.35. The van der Waals surface area contributed by atoms with Gasteiger partial charge >= 0.3 is 0 Å². The van der Waals surface area contributed by atoms with Gasteiger partial charge in [-0.05, 0) is 6.42 Å². The Bertz CT molecular complexity index is 527. The van der Waals surface area contributed by atoms with Crippen LogP contribution in [0.5, 0.6) is 0 Å². The molecular formula is C10H13N3O2. The van der Waals surface area contributed by atoms with Gasteiger partial charge in [0.05, 0.1) is 12.3 Å². The Labute approximate surface area is 86.7 Å². The van der Waals surface area contributed by atoms with Crippen molar-refractivity contribution < 1.29 is 4.74 Å². The maximum absolute atomic E-state index is 11.6. The van der Waals surface area contributed by atoms with E-state index in [1.54, 1.807) is 7.11 Å². The quantitative estimate of drug-likeness (QED) is 0.807. The zero-order chi connectivity index (χ0) is 10.8. The van der Waals surface area contributed by atoms with Crippen LogP contribution < -0.4 is 5.56 Å². The third-order valence-electron chi connectivity index (χ3n) is 2.23. The number of aryl methyl sites for hydroxylation is 1. The first-order chi connectivity index (χ1) is 7.24. The third-order valence-corrected chi connectivity index (χ3v) is 2.23. The van der Waals surface area contributed by atoms with Crippen molar-refractivity contribution in [1.82, 2.24) is 14.6 Å². The second-order valence-corrected chi connectivity index (χ2v) is 3.35. The van der Waals surface area contributed by atoms with Crippen LogP contribution in [0.1, 0.15) is 18.3 Å². The average Bonchev–Trinajstić information content (AvgIpc) is 2.62. The van der Waals surface area contributed by atoms with Crippen LogP contribution in [-0.2, 0) is 17.8 Å². The van der Waals surface area contributed by atoms with Gasteiger partial charge in [0.25, 0.3) is 5.56 Å². The Hall–Kier alpha value is -1.62. The molecule has 0 bridgehead atoms. The lowest BCUT2D eigenvalue weighted by Crippen LogP contribution is -2.15. The lowest BCUT2D eigenvalue weighted by molar-refractivity contribution is 0.181. The van der Waals surface area contributed by atoms with Gasteiger partial charge in [0.2, 0.25) is 0 Å². The molecule has 1 N–H and O–H groups in total. The Morgan fingerprint density at radius 1 is 1.53 bits per heavy atom. The molecule has 80 valence electrons. The van der Waals surface area contributed by atoms with E-state index in [4.69, 9.17) is 4.74 Å². The summed E-state index contributed by atoms with van der Waals surface area (Å²) in [5.74, 6) is 0. The number of nitrogens with one attached hydrogen (secondary N) is 1. The van der Waals surface area contributed by atoms with E-state index in [1.807, 2.05) is 13.0 Å². The fourth-order valence-electron chi connectivity index (χ4n) is 1.49. The first-order valence-corrected chi connectivity index (χ1v) is 4.84. The topological polar surface area (TPSA) is 59.4 Å². The summed E-state index contributed by atoms with van der Waals surface area (Å²) in [7, 11) is 1.58. The SMILES string of the molecule is CCc1cc2nc(COC)cc(=O)n2[nH]1. The van der Waals surface area contributed by atoms with Gasteiger partial charge in [0.15, 0.2) is 5.65 Å². The normalized spacial score (nSPS) is 11.1. The highest BCUT2D eigenvalue weighted by atomic mass is 16.5. The predicted octanol–water partition coefficient (Wildman–Crippen LogP) is 0.731. The maximum Gasteiger partial charge on any atom is 0.272 e. The summed E-state index contributed by atoms with van der Waals surface area (Å²) in [5.41, 5.74) is 2.19. The lowest BCUT2D eigenvalue weighted by Gasteiger charge is -1.98. The van der Waals surface area contributed by atoms with Crippen LogP contribution in [0.4, 0.5) is 0 Å². The van der Waals surface area contributed by atoms with Crippen molar-refractivity contribution >= 4 is 5.65 Å². The first-order valence-electron chi connectivity index (χ1n) is 4.84. The molecule has 0 spiro atoms. The van der Waals surface area contributed by atoms with E-state index in [2.05, 4.69) is 10.1 Å². The second kappa shape index (κ2) is 3.86. The van der Waals surface area contributed by atoms with E-state index < -0.39 is 0 Å². The third kappa shape index (κ3) is 1.78. The zero-order valence-corrected chi connectivity index (χ0v) is 8.78. The molecule has 2 heterocycles. The average molecular weight is 207 g/mol. The number of H-pyrrole nitrogens is 1. The highest BCUT2D eigenvalue weighted by Gasteiger charge is 2.04. The fourth-order valence-corrected chi connectivity index (χ4v) is 1.49. The number of methoxy groups -OCH3 is 1. The molecule has 5 heteroatoms. The molecule has 0 aliphatic carbocycles. The molecule has 0 aliphatic heterocycles. The Kier molecular flexibility index (Phi) is 2.55. The van der Waals surface area contributed by atoms with Crippen LogP contribution in [0.25, 0.3) is 5.65 Å². The monoisotopic (exact) mass is 207 g/mol. The van der Waals surface area contributed by atoms with Crippen LogP contribution in [0.3, 0.4) is 0 Å². The molecule has 0 fully saturated rings. The molecule has 15 heavy (non-hydrogen) atoms. The van der Waals surface area contributed by atoms with Gasteiger partial charge < -0.3 is 4.74 Å². The van der Waals surface area contributed by atoms with E-state index in [0.717, 1.165) is 12.1 Å². The van der Waals surface area contributed by atoms with Gasteiger partial charge in [-0.15, -0.1) is 0 Å². The van der Waals surface area contributed by atoms with E-state index in [9.17, 15) is 4.79 Å². The number of aromatic amines is 1. The molecule has 0 unspecified atom stereocenters. The van der Waals surface area contributed by atoms with Crippen molar-refractivity contribution in [1.29, 1.82) is 0 Å². The Morgan fingerprint density at radius 2 is 2.33 bits per heavy atom. The molecule has 2 rings (SSSR count). The predicted molar refractivity (Wildman–Crippen MR) is 55.9 cm³/mol.